The molecule has 5 heterocycles. The minimum Gasteiger partial charge on any atom is -0.657 e. The molecule has 4 aliphatic rings. The predicted octanol–water partition coefficient (Wildman–Crippen LogP) is 7.91. The molecule has 2 aromatic carbocycles. The van der Waals surface area contributed by atoms with E-state index in [-0.39, 0.29) is 55.3 Å². The second-order valence-corrected chi connectivity index (χ2v) is 17.9. The minimum atomic E-state index is -1.01. The fourth-order valence-corrected chi connectivity index (χ4v) is 8.85. The van der Waals surface area contributed by atoms with Crippen molar-refractivity contribution in [1.29, 1.82) is 0 Å². The molecule has 4 aliphatic heterocycles. The van der Waals surface area contributed by atoms with Gasteiger partial charge in [-0.1, -0.05) is 46.6 Å². The van der Waals surface area contributed by atoms with E-state index in [1.807, 2.05) is 58.9 Å². The SMILES string of the molecule is CC(C)(CO[C-]=O)SSc1ccccn1.COc1cc2c(cc1OCCCCCOc1cc3c(cc1C)C(=O)N1CC(C)=C[C@H]1C(O)[N-]3)N=C[C@@H]1C=C(C)CN1C2=O.[Y]. The molecule has 1 N–H and O–H groups in total. The van der Waals surface area contributed by atoms with E-state index in [9.17, 15) is 19.5 Å². The number of hydrogen-bond acceptors (Lipinski definition) is 12. The van der Waals surface area contributed by atoms with Crippen LogP contribution >= 0.6 is 21.6 Å². The first-order chi connectivity index (χ1) is 27.9. The summed E-state index contributed by atoms with van der Waals surface area (Å²) in [4.78, 5) is 48.5. The van der Waals surface area contributed by atoms with Crippen molar-refractivity contribution < 1.29 is 71.1 Å². The van der Waals surface area contributed by atoms with E-state index in [1.165, 1.54) is 6.47 Å². The van der Waals surface area contributed by atoms with Gasteiger partial charge in [0.1, 0.15) is 10.8 Å². The summed E-state index contributed by atoms with van der Waals surface area (Å²) in [6.45, 7) is 13.7. The van der Waals surface area contributed by atoms with E-state index in [0.717, 1.165) is 41.0 Å². The molecule has 0 saturated heterocycles. The third kappa shape index (κ3) is 11.7. The van der Waals surface area contributed by atoms with Gasteiger partial charge in [0.05, 0.1) is 55.0 Å². The number of aliphatic hydroxyl groups excluding tert-OH is 1. The Bertz CT molecular complexity index is 2080. The fourth-order valence-electron chi connectivity index (χ4n) is 6.82. The van der Waals surface area contributed by atoms with Gasteiger partial charge >= 0.3 is 0 Å². The van der Waals surface area contributed by atoms with Crippen molar-refractivity contribution in [1.82, 2.24) is 14.8 Å². The van der Waals surface area contributed by atoms with Crippen LogP contribution in [0.2, 0.25) is 0 Å². The molecule has 0 bridgehead atoms. The molecule has 59 heavy (non-hydrogen) atoms. The van der Waals surface area contributed by atoms with Gasteiger partial charge in [0.25, 0.3) is 11.8 Å². The van der Waals surface area contributed by atoms with Crippen LogP contribution in [0.3, 0.4) is 0 Å². The van der Waals surface area contributed by atoms with E-state index >= 15 is 0 Å². The van der Waals surface area contributed by atoms with Gasteiger partial charge in [0.2, 0.25) is 0 Å². The molecule has 3 atom stereocenters. The molecule has 16 heteroatoms. The Kier molecular flexibility index (Phi) is 16.5. The van der Waals surface area contributed by atoms with Crippen molar-refractivity contribution in [2.45, 2.75) is 82.0 Å². The Morgan fingerprint density at radius 1 is 0.915 bits per heavy atom. The van der Waals surface area contributed by atoms with E-state index < -0.39 is 12.3 Å². The Hall–Kier alpha value is -3.89. The molecule has 2 amide bonds. The topological polar surface area (TPSA) is 154 Å². The van der Waals surface area contributed by atoms with Crippen LogP contribution in [0.4, 0.5) is 11.4 Å². The molecule has 0 fully saturated rings. The number of ether oxygens (including phenoxy) is 4. The summed E-state index contributed by atoms with van der Waals surface area (Å²) in [5, 5.41) is 16.0. The molecule has 13 nitrogen and oxygen atoms in total. The maximum absolute atomic E-state index is 13.2. The number of amides is 2. The molecule has 7 rings (SSSR count). The number of carbonyl (C=O) groups excluding carboxylic acids is 3. The van der Waals surface area contributed by atoms with E-state index in [4.69, 9.17) is 14.2 Å². The number of unbranched alkanes of at least 4 members (excludes halogenated alkanes) is 2. The molecule has 1 radical (unpaired) electrons. The maximum Gasteiger partial charge on any atom is 0.257 e. The molecular formula is C43H49N5O8S2Y-2. The number of rotatable bonds is 15. The zero-order valence-electron chi connectivity index (χ0n) is 34.2. The van der Waals surface area contributed by atoms with E-state index in [1.54, 1.807) is 75.2 Å². The van der Waals surface area contributed by atoms with Crippen molar-refractivity contribution in [2.24, 2.45) is 4.99 Å². The quantitative estimate of drug-likeness (QED) is 0.0685. The zero-order chi connectivity index (χ0) is 41.4. The normalized spacial score (nSPS) is 18.9. The van der Waals surface area contributed by atoms with E-state index in [0.29, 0.717) is 72.7 Å². The van der Waals surface area contributed by atoms with Crippen LogP contribution in [0.25, 0.3) is 5.32 Å². The number of hydrogen-bond donors (Lipinski definition) is 1. The molecule has 1 aromatic heterocycles. The maximum atomic E-state index is 13.2. The van der Waals surface area contributed by atoms with Crippen LogP contribution in [0, 0.1) is 6.92 Å². The minimum absolute atomic E-state index is 0. The molecule has 311 valence electrons. The standard InChI is InChI=1S/C33H38N4O6.C10H12NO2S2.Y/c1-19-10-22-16-34-25-14-30(29(41-4)13-24(25)32(39)36(22)17-19)43-9-7-5-6-8-42-28-15-26-23(12-21(28)3)33(40)37-18-20(2)11-27(37)31(38)35-26;1-10(2,7-13-8-12)15-14-9-5-3-4-6-11-9;/h10-16,22,27,31,38H,5-9,17-18H2,1-4H3,(H,35,40);3-6H,7H2,1-2H3;/q;-1;/p-1/t22-,27-,31?;;/m0../s1. The van der Waals surface area contributed by atoms with Gasteiger partial charge in [-0.05, 0) is 101 Å². The summed E-state index contributed by atoms with van der Waals surface area (Å²) >= 11 is 0. The van der Waals surface area contributed by atoms with Crippen LogP contribution in [-0.4, -0.2) is 107 Å². The Morgan fingerprint density at radius 3 is 2.34 bits per heavy atom. The van der Waals surface area contributed by atoms with Crippen molar-refractivity contribution >= 4 is 57.5 Å². The molecule has 0 saturated carbocycles. The summed E-state index contributed by atoms with van der Waals surface area (Å²) in [5.41, 5.74) is 5.09. The largest absolute Gasteiger partial charge is 0.657 e. The summed E-state index contributed by atoms with van der Waals surface area (Å²) in [5.74, 6) is 1.53. The van der Waals surface area contributed by atoms with Gasteiger partial charge in [0, 0.05) is 76.1 Å². The number of aliphatic imine (C=N–C) groups is 1. The van der Waals surface area contributed by atoms with Gasteiger partial charge in [-0.15, -0.1) is 5.69 Å². The Balaban J connectivity index is 0.000000351. The van der Waals surface area contributed by atoms with Gasteiger partial charge in [-0.2, -0.15) is 0 Å². The monoisotopic (exact) mass is 916 g/mol. The van der Waals surface area contributed by atoms with Gasteiger partial charge in [-0.25, -0.2) is 4.98 Å². The van der Waals surface area contributed by atoms with Gasteiger partial charge in [0.15, 0.2) is 11.5 Å². The van der Waals surface area contributed by atoms with Crippen LogP contribution in [0.15, 0.2) is 82.0 Å². The fraction of sp³-hybridized carbons (Fsp3) is 0.419. The first kappa shape index (κ1) is 46.2. The van der Waals surface area contributed by atoms with Crippen molar-refractivity contribution in [3.8, 4) is 17.2 Å². The summed E-state index contributed by atoms with van der Waals surface area (Å²) in [6.07, 6.45) is 9.00. The smallest absolute Gasteiger partial charge is 0.257 e. The number of fused-ring (bicyclic) bond motifs is 4. The number of nitrogens with zero attached hydrogens (tertiary/aromatic N) is 5. The number of carbonyl (C=O) groups is 2. The third-order valence-corrected chi connectivity index (χ3v) is 12.9. The number of benzene rings is 2. The van der Waals surface area contributed by atoms with Crippen LogP contribution < -0.4 is 14.2 Å². The molecular weight excluding hydrogens is 868 g/mol. The molecule has 3 aromatic rings. The van der Waals surface area contributed by atoms with Gasteiger partial charge < -0.3 is 44.0 Å². The van der Waals surface area contributed by atoms with Crippen molar-refractivity contribution in [3.05, 3.63) is 94.0 Å². The number of aliphatic hydroxyl groups is 1. The van der Waals surface area contributed by atoms with Crippen LogP contribution in [-0.2, 0) is 42.2 Å². The average molecular weight is 917 g/mol. The molecule has 1 unspecified atom stereocenters. The summed E-state index contributed by atoms with van der Waals surface area (Å²) in [6, 6.07) is 12.3. The van der Waals surface area contributed by atoms with Crippen molar-refractivity contribution in [2.75, 3.05) is 40.0 Å². The van der Waals surface area contributed by atoms with Gasteiger partial charge in [-0.3, -0.25) is 14.6 Å². The van der Waals surface area contributed by atoms with E-state index in [2.05, 4.69) is 26.1 Å². The average Bonchev–Trinajstić information content (AvgIpc) is 3.75. The number of pyridine rings is 1. The second-order valence-electron chi connectivity index (χ2n) is 15.1. The number of aryl methyl sites for hydroxylation is 1. The summed E-state index contributed by atoms with van der Waals surface area (Å²) < 4.78 is 22.1. The van der Waals surface area contributed by atoms with Crippen LogP contribution in [0.1, 0.15) is 73.2 Å². The number of aromatic nitrogens is 1. The zero-order valence-corrected chi connectivity index (χ0v) is 38.6. The Labute approximate surface area is 379 Å². The Morgan fingerprint density at radius 2 is 1.63 bits per heavy atom. The van der Waals surface area contributed by atoms with Crippen molar-refractivity contribution in [3.63, 3.8) is 0 Å². The number of methoxy groups -OCH3 is 1. The predicted molar refractivity (Wildman–Crippen MR) is 227 cm³/mol. The third-order valence-electron chi connectivity index (χ3n) is 9.74. The first-order valence-corrected chi connectivity index (χ1v) is 21.3. The first-order valence-electron chi connectivity index (χ1n) is 19.1. The second kappa shape index (κ2) is 21.1. The summed E-state index contributed by atoms with van der Waals surface area (Å²) in [7, 11) is 4.76. The molecule has 0 aliphatic carbocycles. The molecule has 0 spiro atoms. The van der Waals surface area contributed by atoms with Crippen LogP contribution in [0.5, 0.6) is 17.2 Å².